The molecule has 0 aliphatic rings. The van der Waals surface area contributed by atoms with Crippen molar-refractivity contribution in [2.24, 2.45) is 0 Å². The Kier molecular flexibility index (Phi) is 4.76. The van der Waals surface area contributed by atoms with Crippen molar-refractivity contribution in [3.8, 4) is 0 Å². The van der Waals surface area contributed by atoms with Crippen molar-refractivity contribution in [3.63, 3.8) is 0 Å². The summed E-state index contributed by atoms with van der Waals surface area (Å²) in [6.07, 6.45) is 0. The van der Waals surface area contributed by atoms with E-state index in [4.69, 9.17) is 9.97 Å². The highest BCUT2D eigenvalue weighted by atomic mass is 31.2. The first-order chi connectivity index (χ1) is 19.2. The zero-order valence-corrected chi connectivity index (χ0v) is 21.8. The second kappa shape index (κ2) is 8.36. The topological polar surface area (TPSA) is 47.3 Å². The van der Waals surface area contributed by atoms with Gasteiger partial charge in [0.1, 0.15) is 5.65 Å². The Balaban J connectivity index is 1.55. The number of para-hydroxylation sites is 3. The Hall–Kier alpha value is -4.79. The zero-order chi connectivity index (χ0) is 26.0. The lowest BCUT2D eigenvalue weighted by Gasteiger charge is -2.21. The Morgan fingerprint density at radius 3 is 1.90 bits per heavy atom. The van der Waals surface area contributed by atoms with E-state index in [2.05, 4.69) is 34.7 Å². The van der Waals surface area contributed by atoms with Gasteiger partial charge in [-0.1, -0.05) is 91.0 Å². The van der Waals surface area contributed by atoms with E-state index in [1.807, 2.05) is 103 Å². The number of benzene rings is 5. The summed E-state index contributed by atoms with van der Waals surface area (Å²) < 4.78 is 17.4. The molecular formula is C34H22N3OP. The number of aromatic nitrogens is 3. The van der Waals surface area contributed by atoms with Crippen LogP contribution < -0.4 is 15.9 Å². The molecular weight excluding hydrogens is 497 g/mol. The minimum atomic E-state index is -3.15. The van der Waals surface area contributed by atoms with Crippen molar-refractivity contribution >= 4 is 72.4 Å². The van der Waals surface area contributed by atoms with Crippen molar-refractivity contribution in [1.29, 1.82) is 0 Å². The third-order valence-corrected chi connectivity index (χ3v) is 10.7. The van der Waals surface area contributed by atoms with Gasteiger partial charge in [0.25, 0.3) is 0 Å². The molecule has 0 spiro atoms. The summed E-state index contributed by atoms with van der Waals surface area (Å²) in [5.41, 5.74) is 5.62. The van der Waals surface area contributed by atoms with Crippen molar-refractivity contribution < 1.29 is 4.57 Å². The molecule has 39 heavy (non-hydrogen) atoms. The monoisotopic (exact) mass is 519 g/mol. The minimum absolute atomic E-state index is 0.785. The quantitative estimate of drug-likeness (QED) is 0.144. The fourth-order valence-corrected chi connectivity index (χ4v) is 8.44. The van der Waals surface area contributed by atoms with Gasteiger partial charge in [-0.05, 0) is 42.5 Å². The van der Waals surface area contributed by atoms with Gasteiger partial charge >= 0.3 is 0 Å². The predicted molar refractivity (Wildman–Crippen MR) is 162 cm³/mol. The van der Waals surface area contributed by atoms with Crippen molar-refractivity contribution in [1.82, 2.24) is 14.4 Å². The fraction of sp³-hybridized carbons (Fsp3) is 0. The van der Waals surface area contributed by atoms with Crippen LogP contribution in [0.4, 0.5) is 0 Å². The molecule has 0 atom stereocenters. The third kappa shape index (κ3) is 3.22. The van der Waals surface area contributed by atoms with Crippen LogP contribution in [0.1, 0.15) is 0 Å². The number of nitrogens with zero attached hydrogens (tertiary/aromatic N) is 3. The highest BCUT2D eigenvalue weighted by molar-refractivity contribution is 7.85. The number of hydrogen-bond donors (Lipinski definition) is 0. The molecule has 0 saturated heterocycles. The number of fused-ring (bicyclic) bond motifs is 9. The highest BCUT2D eigenvalue weighted by Gasteiger charge is 2.30. The van der Waals surface area contributed by atoms with Gasteiger partial charge in [0, 0.05) is 32.1 Å². The lowest BCUT2D eigenvalue weighted by molar-refractivity contribution is 0.592. The maximum Gasteiger partial charge on any atom is 0.171 e. The molecule has 4 nitrogen and oxygen atoms in total. The number of pyridine rings is 2. The Morgan fingerprint density at radius 1 is 0.513 bits per heavy atom. The van der Waals surface area contributed by atoms with E-state index >= 15 is 4.57 Å². The maximum atomic E-state index is 15.2. The summed E-state index contributed by atoms with van der Waals surface area (Å²) in [7, 11) is -3.15. The van der Waals surface area contributed by atoms with Crippen LogP contribution in [0.5, 0.6) is 0 Å². The molecule has 0 aliphatic heterocycles. The summed E-state index contributed by atoms with van der Waals surface area (Å²) in [6, 6.07) is 44.3. The largest absolute Gasteiger partial charge is 0.309 e. The minimum Gasteiger partial charge on any atom is -0.309 e. The van der Waals surface area contributed by atoms with E-state index in [1.54, 1.807) is 0 Å². The number of rotatable bonds is 3. The summed E-state index contributed by atoms with van der Waals surface area (Å²) in [4.78, 5) is 10.2. The molecule has 0 radical (unpaired) electrons. The van der Waals surface area contributed by atoms with Crippen LogP contribution in [0.25, 0.3) is 49.4 Å². The van der Waals surface area contributed by atoms with Gasteiger partial charge in [-0.15, -0.1) is 0 Å². The van der Waals surface area contributed by atoms with Crippen LogP contribution in [0, 0.1) is 0 Å². The molecule has 5 aromatic carbocycles. The lowest BCUT2D eigenvalue weighted by atomic mass is 10.1. The third-order valence-electron chi connectivity index (χ3n) is 7.61. The molecule has 0 amide bonds. The standard InChI is InChI=1S/C34H22N3OP/c38-39(24-12-3-1-4-13-24,25-14-5-2-6-15-25)26-19-20-31-27(22-26)33-28(21-23-11-7-8-16-29(23)35-33)34-36-30-17-9-10-18-32(30)37(31)34/h1-22H. The van der Waals surface area contributed by atoms with Gasteiger partial charge in [-0.2, -0.15) is 0 Å². The number of hydrogen-bond acceptors (Lipinski definition) is 3. The van der Waals surface area contributed by atoms with E-state index in [9.17, 15) is 0 Å². The second-order valence-electron chi connectivity index (χ2n) is 9.82. The van der Waals surface area contributed by atoms with Crippen molar-refractivity contribution in [2.75, 3.05) is 0 Å². The molecule has 8 aromatic rings. The molecule has 0 saturated carbocycles. The molecule has 0 fully saturated rings. The molecule has 0 unspecified atom stereocenters. The smallest absolute Gasteiger partial charge is 0.171 e. The molecule has 3 aromatic heterocycles. The predicted octanol–water partition coefficient (Wildman–Crippen LogP) is 6.98. The van der Waals surface area contributed by atoms with Gasteiger partial charge in [0.15, 0.2) is 7.14 Å². The fourth-order valence-electron chi connectivity index (χ4n) is 5.77. The average Bonchev–Trinajstić information content (AvgIpc) is 3.41. The van der Waals surface area contributed by atoms with E-state index in [-0.39, 0.29) is 0 Å². The molecule has 0 aliphatic carbocycles. The molecule has 5 heteroatoms. The normalized spacial score (nSPS) is 12.2. The molecule has 8 rings (SSSR count). The highest BCUT2D eigenvalue weighted by Crippen LogP contribution is 2.43. The molecule has 0 bridgehead atoms. The molecule has 3 heterocycles. The molecule has 0 N–H and O–H groups in total. The van der Waals surface area contributed by atoms with Gasteiger partial charge < -0.3 is 4.57 Å². The Bertz CT molecular complexity index is 2210. The van der Waals surface area contributed by atoms with Crippen LogP contribution in [0.3, 0.4) is 0 Å². The summed E-state index contributed by atoms with van der Waals surface area (Å²) in [5.74, 6) is 0. The summed E-state index contributed by atoms with van der Waals surface area (Å²) in [6.45, 7) is 0. The van der Waals surface area contributed by atoms with Gasteiger partial charge in [-0.3, -0.25) is 4.40 Å². The van der Waals surface area contributed by atoms with E-state index in [1.165, 1.54) is 0 Å². The summed E-state index contributed by atoms with van der Waals surface area (Å²) >= 11 is 0. The first-order valence-corrected chi connectivity index (χ1v) is 14.7. The Labute approximate surface area is 224 Å². The Morgan fingerprint density at radius 2 is 1.15 bits per heavy atom. The zero-order valence-electron chi connectivity index (χ0n) is 20.9. The first-order valence-electron chi connectivity index (χ1n) is 13.0. The average molecular weight is 520 g/mol. The molecule has 184 valence electrons. The van der Waals surface area contributed by atoms with Crippen LogP contribution in [0.2, 0.25) is 0 Å². The maximum absolute atomic E-state index is 15.2. The first kappa shape index (κ1) is 22.2. The van der Waals surface area contributed by atoms with Gasteiger partial charge in [-0.25, -0.2) is 9.97 Å². The van der Waals surface area contributed by atoms with E-state index < -0.39 is 7.14 Å². The van der Waals surface area contributed by atoms with Crippen LogP contribution >= 0.6 is 7.14 Å². The second-order valence-corrected chi connectivity index (χ2v) is 12.6. The van der Waals surface area contributed by atoms with Crippen LogP contribution in [-0.2, 0) is 4.57 Å². The van der Waals surface area contributed by atoms with Gasteiger partial charge in [0.05, 0.1) is 27.6 Å². The van der Waals surface area contributed by atoms with Crippen LogP contribution in [-0.4, -0.2) is 14.4 Å². The number of imidazole rings is 1. The van der Waals surface area contributed by atoms with E-state index in [0.29, 0.717) is 0 Å². The van der Waals surface area contributed by atoms with Crippen LogP contribution in [0.15, 0.2) is 133 Å². The van der Waals surface area contributed by atoms with Crippen molar-refractivity contribution in [2.45, 2.75) is 0 Å². The SMILES string of the molecule is O=P(c1ccccc1)(c1ccccc1)c1ccc2c(c1)c1nc3ccccc3cc1c1nc3ccccc3n21. The van der Waals surface area contributed by atoms with Crippen molar-refractivity contribution in [3.05, 3.63) is 133 Å². The summed E-state index contributed by atoms with van der Waals surface area (Å²) in [5, 5.41) is 5.40. The van der Waals surface area contributed by atoms with E-state index in [0.717, 1.165) is 65.3 Å². The van der Waals surface area contributed by atoms with Gasteiger partial charge in [0.2, 0.25) is 0 Å². The lowest BCUT2D eigenvalue weighted by Crippen LogP contribution is -2.25.